The normalized spacial score (nSPS) is 11.1. The molecule has 1 aliphatic rings. The molecule has 0 unspecified atom stereocenters. The second-order valence-corrected chi connectivity index (χ2v) is 5.08. The molecule has 2 aromatic carbocycles. The van der Waals surface area contributed by atoms with Crippen molar-refractivity contribution in [2.75, 3.05) is 7.05 Å². The van der Waals surface area contributed by atoms with E-state index in [1.165, 1.54) is 35.7 Å². The Morgan fingerprint density at radius 3 is 1.91 bits per heavy atom. The molecule has 0 heterocycles. The van der Waals surface area contributed by atoms with Gasteiger partial charge in [0.05, 0.1) is 0 Å². The van der Waals surface area contributed by atoms with Crippen molar-refractivity contribution < 1.29 is 40.7 Å². The molecule has 2 aromatic rings. The largest absolute Gasteiger partial charge is 2.00 e. The first kappa shape index (κ1) is 19.8. The molecule has 23 heavy (non-hydrogen) atoms. The smallest absolute Gasteiger partial charge is 0.518 e. The number of halogens is 1. The van der Waals surface area contributed by atoms with Crippen LogP contribution in [0.1, 0.15) is 17.0 Å². The van der Waals surface area contributed by atoms with E-state index in [0.29, 0.717) is 5.92 Å². The first-order valence-electron chi connectivity index (χ1n) is 6.63. The zero-order valence-electron chi connectivity index (χ0n) is 12.5. The number of amides is 2. The van der Waals surface area contributed by atoms with Crippen LogP contribution < -0.4 is 5.43 Å². The third-order valence-electron chi connectivity index (χ3n) is 3.44. The minimum absolute atomic E-state index is 0. The summed E-state index contributed by atoms with van der Waals surface area (Å²) in [6.07, 6.45) is 1.27. The Bertz CT molecular complexity index is 648. The number of hydrogen-bond acceptors (Lipinski definition) is 2. The molecule has 0 bridgehead atoms. The average molecular weight is 553 g/mol. The monoisotopic (exact) mass is 552 g/mol. The predicted octanol–water partition coefficient (Wildman–Crippen LogP) is 3.48. The Balaban J connectivity index is 0.000000258. The van der Waals surface area contributed by atoms with Crippen LogP contribution in [0.5, 0.6) is 0 Å². The molecule has 0 saturated heterocycles. The maximum Gasteiger partial charge on any atom is 2.00 e. The van der Waals surface area contributed by atoms with Gasteiger partial charge >= 0.3 is 36.5 Å². The summed E-state index contributed by atoms with van der Waals surface area (Å²) < 4.78 is 0. The van der Waals surface area contributed by atoms with Crippen LogP contribution in [0.15, 0.2) is 48.5 Å². The number of hydrazine groups is 1. The van der Waals surface area contributed by atoms with Gasteiger partial charge in [-0.05, 0) is 22.7 Å². The summed E-state index contributed by atoms with van der Waals surface area (Å²) in [5.74, 6) is 0.308. The van der Waals surface area contributed by atoms with Crippen molar-refractivity contribution in [1.29, 1.82) is 0 Å². The molecular formula is C17H15ClN2O2U. The Kier molecular flexibility index (Phi) is 7.84. The van der Waals surface area contributed by atoms with Gasteiger partial charge < -0.3 is 17.1 Å². The number of rotatable bonds is 2. The van der Waals surface area contributed by atoms with E-state index in [2.05, 4.69) is 55.5 Å². The van der Waals surface area contributed by atoms with Gasteiger partial charge in [0.15, 0.2) is 0 Å². The fraction of sp³-hybridized carbons (Fsp3) is 0.118. The maximum atomic E-state index is 9.98. The number of benzene rings is 2. The van der Waals surface area contributed by atoms with Gasteiger partial charge in [-0.3, -0.25) is 9.80 Å². The van der Waals surface area contributed by atoms with Crippen molar-refractivity contribution in [3.8, 4) is 11.1 Å². The van der Waals surface area contributed by atoms with Gasteiger partial charge in [-0.25, -0.2) is 0 Å². The molecule has 1 N–H and O–H groups in total. The van der Waals surface area contributed by atoms with Crippen LogP contribution in [-0.4, -0.2) is 23.8 Å². The van der Waals surface area contributed by atoms with E-state index in [1.807, 2.05) is 5.43 Å². The Morgan fingerprint density at radius 2 is 1.57 bits per heavy atom. The summed E-state index contributed by atoms with van der Waals surface area (Å²) in [7, 11) is 1.31. The van der Waals surface area contributed by atoms with Crippen LogP contribution in [0.25, 0.3) is 11.1 Å². The maximum absolute atomic E-state index is 9.98. The van der Waals surface area contributed by atoms with Crippen molar-refractivity contribution in [3.05, 3.63) is 66.6 Å². The minimum atomic E-state index is -0.756. The van der Waals surface area contributed by atoms with Crippen LogP contribution in [-0.2, 0) is 4.79 Å². The van der Waals surface area contributed by atoms with Gasteiger partial charge in [0.25, 0.3) is 0 Å². The van der Waals surface area contributed by atoms with E-state index in [4.69, 9.17) is 11.6 Å². The molecule has 0 saturated carbocycles. The van der Waals surface area contributed by atoms with Gasteiger partial charge in [-0.15, -0.1) is 12.3 Å². The molecule has 0 atom stereocenters. The van der Waals surface area contributed by atoms with Gasteiger partial charge in [-0.1, -0.05) is 59.7 Å². The third-order valence-corrected chi connectivity index (χ3v) is 3.69. The fourth-order valence-corrected chi connectivity index (χ4v) is 2.41. The topological polar surface area (TPSA) is 49.4 Å². The fourth-order valence-electron chi connectivity index (χ4n) is 2.37. The quantitative estimate of drug-likeness (QED) is 0.204. The summed E-state index contributed by atoms with van der Waals surface area (Å²) in [4.78, 5) is 19.4. The molecule has 0 spiro atoms. The van der Waals surface area contributed by atoms with E-state index in [1.54, 1.807) is 0 Å². The van der Waals surface area contributed by atoms with Crippen molar-refractivity contribution in [3.63, 3.8) is 0 Å². The zero-order valence-corrected chi connectivity index (χ0v) is 17.5. The van der Waals surface area contributed by atoms with E-state index in [9.17, 15) is 9.59 Å². The molecule has 1 aliphatic carbocycles. The average Bonchev–Trinajstić information content (AvgIpc) is 2.82. The summed E-state index contributed by atoms with van der Waals surface area (Å²) >= 11 is 4.85. The molecule has 6 heteroatoms. The van der Waals surface area contributed by atoms with Crippen LogP contribution in [0.2, 0.25) is 0 Å². The summed E-state index contributed by atoms with van der Waals surface area (Å²) in [6, 6.07) is 17.1. The van der Waals surface area contributed by atoms with Crippen molar-refractivity contribution >= 4 is 23.4 Å². The van der Waals surface area contributed by atoms with Crippen molar-refractivity contribution in [2.45, 2.75) is 5.92 Å². The Labute approximate surface area is 164 Å². The van der Waals surface area contributed by atoms with Gasteiger partial charge in [0.2, 0.25) is 0 Å². The van der Waals surface area contributed by atoms with Gasteiger partial charge in [0, 0.05) is 7.05 Å². The van der Waals surface area contributed by atoms with Crippen LogP contribution >= 0.6 is 11.6 Å². The number of carbonyl (C=O) groups is 1. The first-order chi connectivity index (χ1) is 10.6. The number of carbonyl (C=O) groups excluding carboxylic acids is 2. The number of fused-ring (bicyclic) bond motifs is 3. The van der Waals surface area contributed by atoms with Crippen LogP contribution in [0, 0.1) is 38.0 Å². The summed E-state index contributed by atoms with van der Waals surface area (Å²) in [5, 5.41) is 0.0440. The second kappa shape index (κ2) is 9.12. The Hall–Kier alpha value is -1.28. The molecule has 0 radical (unpaired) electrons. The predicted molar refractivity (Wildman–Crippen MR) is 86.9 cm³/mol. The molecule has 3 rings (SSSR count). The molecule has 116 valence electrons. The molecule has 4 nitrogen and oxygen atoms in total. The van der Waals surface area contributed by atoms with Crippen molar-refractivity contribution in [1.82, 2.24) is 10.4 Å². The molecule has 0 aromatic heterocycles. The molecule has 0 fully saturated rings. The van der Waals surface area contributed by atoms with E-state index in [-0.39, 0.29) is 31.1 Å². The van der Waals surface area contributed by atoms with E-state index >= 15 is 0 Å². The molecular weight excluding hydrogens is 538 g/mol. The number of hydrogen-bond donors (Lipinski definition) is 1. The molecule has 0 aliphatic heterocycles. The number of nitrogens with one attached hydrogen (secondary N) is 1. The summed E-state index contributed by atoms with van der Waals surface area (Å²) in [5.41, 5.74) is 7.30. The molecule has 2 amide bonds. The Morgan fingerprint density at radius 1 is 1.13 bits per heavy atom. The van der Waals surface area contributed by atoms with E-state index < -0.39 is 5.37 Å². The number of nitrogens with zero attached hydrogens (tertiary/aromatic N) is 1. The standard InChI is InChI=1S/C14H11.C3H4ClN2O2.U/c1-10-11-6-2-4-8-13(11)14-9-5-3-7-12(10)14;1-6(3(4)8)5-2-7;/h2-10H,1H2;1H3,(H,5,7);/q2*-1;+2. The van der Waals surface area contributed by atoms with Crippen molar-refractivity contribution in [2.24, 2.45) is 0 Å². The summed E-state index contributed by atoms with van der Waals surface area (Å²) in [6.45, 7) is 4.22. The third kappa shape index (κ3) is 4.60. The van der Waals surface area contributed by atoms with Crippen LogP contribution in [0.4, 0.5) is 4.79 Å². The second-order valence-electron chi connectivity index (χ2n) is 4.75. The van der Waals surface area contributed by atoms with Gasteiger partial charge in [-0.2, -0.15) is 0 Å². The van der Waals surface area contributed by atoms with E-state index in [0.717, 1.165) is 5.01 Å². The minimum Gasteiger partial charge on any atom is -0.518 e. The van der Waals surface area contributed by atoms with Crippen LogP contribution in [0.3, 0.4) is 0 Å². The SMILES string of the molecule is CN(N[C-]=O)C(=O)Cl.[CH2-]C1c2ccccc2-c2ccccc21.[U+2]. The zero-order chi connectivity index (χ0) is 16.1. The first-order valence-corrected chi connectivity index (χ1v) is 7.01. The van der Waals surface area contributed by atoms with Gasteiger partial charge in [0.1, 0.15) is 0 Å².